The maximum absolute atomic E-state index is 12.4. The van der Waals surface area contributed by atoms with Crippen LogP contribution in [0, 0.1) is 13.8 Å². The summed E-state index contributed by atoms with van der Waals surface area (Å²) in [5, 5.41) is 2.76. The normalized spacial score (nSPS) is 10.6. The average molecular weight is 328 g/mol. The van der Waals surface area contributed by atoms with Crippen LogP contribution in [0.3, 0.4) is 0 Å². The molecule has 0 saturated carbocycles. The van der Waals surface area contributed by atoms with Crippen LogP contribution in [-0.2, 0) is 17.9 Å². The van der Waals surface area contributed by atoms with E-state index >= 15 is 0 Å². The van der Waals surface area contributed by atoms with E-state index in [1.165, 1.54) is 0 Å². The second-order valence-electron chi connectivity index (χ2n) is 5.69. The van der Waals surface area contributed by atoms with Crippen molar-refractivity contribution in [1.29, 1.82) is 0 Å². The molecule has 1 aromatic carbocycles. The molecule has 0 aliphatic carbocycles. The fraction of sp³-hybridized carbons (Fsp3) is 0.368. The van der Waals surface area contributed by atoms with Gasteiger partial charge in [0, 0.05) is 18.8 Å². The molecule has 0 unspecified atom stereocenters. The van der Waals surface area contributed by atoms with Gasteiger partial charge in [-0.2, -0.15) is 0 Å². The van der Waals surface area contributed by atoms with Crippen LogP contribution in [0.25, 0.3) is 0 Å². The van der Waals surface area contributed by atoms with Gasteiger partial charge in [-0.3, -0.25) is 9.59 Å². The fourth-order valence-corrected chi connectivity index (χ4v) is 2.69. The Bertz CT molecular complexity index is 751. The van der Waals surface area contributed by atoms with Crippen molar-refractivity contribution in [2.45, 2.75) is 33.9 Å². The Labute approximate surface area is 142 Å². The molecule has 2 rings (SSSR count). The van der Waals surface area contributed by atoms with Crippen LogP contribution < -0.4 is 10.9 Å². The second kappa shape index (κ2) is 8.45. The number of pyridine rings is 1. The fourth-order valence-electron chi connectivity index (χ4n) is 2.69. The van der Waals surface area contributed by atoms with Gasteiger partial charge in [0.2, 0.25) is 0 Å². The van der Waals surface area contributed by atoms with E-state index in [1.807, 2.05) is 50.2 Å². The summed E-state index contributed by atoms with van der Waals surface area (Å²) >= 11 is 0. The minimum Gasteiger partial charge on any atom is -0.375 e. The Kier molecular flexibility index (Phi) is 6.32. The van der Waals surface area contributed by atoms with Crippen LogP contribution >= 0.6 is 0 Å². The van der Waals surface area contributed by atoms with Crippen molar-refractivity contribution in [2.24, 2.45) is 0 Å². The van der Waals surface area contributed by atoms with E-state index in [1.54, 1.807) is 11.5 Å². The Morgan fingerprint density at radius 3 is 2.58 bits per heavy atom. The van der Waals surface area contributed by atoms with Gasteiger partial charge in [0.1, 0.15) is 5.56 Å². The minimum absolute atomic E-state index is 0.213. The van der Waals surface area contributed by atoms with Crippen molar-refractivity contribution < 1.29 is 9.53 Å². The number of amides is 1. The van der Waals surface area contributed by atoms with E-state index in [-0.39, 0.29) is 17.0 Å². The molecular weight excluding hydrogens is 304 g/mol. The molecule has 0 saturated heterocycles. The zero-order valence-corrected chi connectivity index (χ0v) is 14.5. The number of ether oxygens (including phenoxy) is 1. The van der Waals surface area contributed by atoms with E-state index in [0.29, 0.717) is 31.9 Å². The highest BCUT2D eigenvalue weighted by molar-refractivity contribution is 5.95. The van der Waals surface area contributed by atoms with Gasteiger partial charge in [0.15, 0.2) is 0 Å². The van der Waals surface area contributed by atoms with Gasteiger partial charge in [-0.25, -0.2) is 0 Å². The molecule has 24 heavy (non-hydrogen) atoms. The highest BCUT2D eigenvalue weighted by Gasteiger charge is 2.16. The van der Waals surface area contributed by atoms with Crippen LogP contribution in [0.2, 0.25) is 0 Å². The highest BCUT2D eigenvalue weighted by atomic mass is 16.5. The van der Waals surface area contributed by atoms with Crippen molar-refractivity contribution in [3.63, 3.8) is 0 Å². The van der Waals surface area contributed by atoms with E-state index in [4.69, 9.17) is 4.74 Å². The highest BCUT2D eigenvalue weighted by Crippen LogP contribution is 2.06. The molecule has 0 aliphatic rings. The molecule has 0 spiro atoms. The van der Waals surface area contributed by atoms with Crippen molar-refractivity contribution in [1.82, 2.24) is 9.88 Å². The first-order chi connectivity index (χ1) is 11.5. The molecule has 0 atom stereocenters. The standard InChI is InChI=1S/C19H24N2O3/c1-4-21-15(3)12-14(2)17(19(21)23)18(22)20-10-11-24-13-16-8-6-5-7-9-16/h5-9,12H,4,10-11,13H2,1-3H3,(H,20,22). The lowest BCUT2D eigenvalue weighted by atomic mass is 10.1. The van der Waals surface area contributed by atoms with Crippen molar-refractivity contribution in [3.05, 3.63) is 69.1 Å². The number of hydrogen-bond acceptors (Lipinski definition) is 3. The molecule has 0 radical (unpaired) electrons. The molecule has 5 nitrogen and oxygen atoms in total. The largest absolute Gasteiger partial charge is 0.375 e. The van der Waals surface area contributed by atoms with Gasteiger partial charge < -0.3 is 14.6 Å². The topological polar surface area (TPSA) is 60.3 Å². The molecule has 1 aromatic heterocycles. The summed E-state index contributed by atoms with van der Waals surface area (Å²) < 4.78 is 7.14. The average Bonchev–Trinajstić information content (AvgIpc) is 2.55. The molecule has 0 bridgehead atoms. The number of nitrogens with zero attached hydrogens (tertiary/aromatic N) is 1. The van der Waals surface area contributed by atoms with Crippen molar-refractivity contribution >= 4 is 5.91 Å². The third kappa shape index (κ3) is 4.32. The van der Waals surface area contributed by atoms with Crippen LogP contribution in [-0.4, -0.2) is 23.6 Å². The molecule has 0 fully saturated rings. The molecule has 128 valence electrons. The molecule has 2 aromatic rings. The molecule has 1 N–H and O–H groups in total. The van der Waals surface area contributed by atoms with Gasteiger partial charge in [-0.05, 0) is 38.0 Å². The lowest BCUT2D eigenvalue weighted by Gasteiger charge is -2.13. The summed E-state index contributed by atoms with van der Waals surface area (Å²) in [7, 11) is 0. The summed E-state index contributed by atoms with van der Waals surface area (Å²) in [6.07, 6.45) is 0. The van der Waals surface area contributed by atoms with E-state index in [9.17, 15) is 9.59 Å². The molecule has 1 amide bonds. The van der Waals surface area contributed by atoms with Gasteiger partial charge >= 0.3 is 0 Å². The Morgan fingerprint density at radius 1 is 1.21 bits per heavy atom. The predicted octanol–water partition coefficient (Wildman–Crippen LogP) is 2.43. The first-order valence-electron chi connectivity index (χ1n) is 8.15. The number of aromatic nitrogens is 1. The molecule has 5 heteroatoms. The summed E-state index contributed by atoms with van der Waals surface area (Å²) in [4.78, 5) is 24.7. The lowest BCUT2D eigenvalue weighted by molar-refractivity contribution is 0.0898. The Balaban J connectivity index is 1.90. The quantitative estimate of drug-likeness (QED) is 0.794. The van der Waals surface area contributed by atoms with Gasteiger partial charge in [-0.15, -0.1) is 0 Å². The third-order valence-corrected chi connectivity index (χ3v) is 3.89. The maximum Gasteiger partial charge on any atom is 0.263 e. The smallest absolute Gasteiger partial charge is 0.263 e. The summed E-state index contributed by atoms with van der Waals surface area (Å²) in [5.41, 5.74) is 2.62. The third-order valence-electron chi connectivity index (χ3n) is 3.89. The van der Waals surface area contributed by atoms with Gasteiger partial charge in [0.05, 0.1) is 13.2 Å². The minimum atomic E-state index is -0.344. The van der Waals surface area contributed by atoms with Gasteiger partial charge in [-0.1, -0.05) is 30.3 Å². The van der Waals surface area contributed by atoms with Crippen LogP contribution in [0.5, 0.6) is 0 Å². The van der Waals surface area contributed by atoms with Crippen molar-refractivity contribution in [3.8, 4) is 0 Å². The van der Waals surface area contributed by atoms with Gasteiger partial charge in [0.25, 0.3) is 11.5 Å². The number of aryl methyl sites for hydroxylation is 2. The predicted molar refractivity (Wildman–Crippen MR) is 94.3 cm³/mol. The van der Waals surface area contributed by atoms with E-state index in [0.717, 1.165) is 11.3 Å². The summed E-state index contributed by atoms with van der Waals surface area (Å²) in [5.74, 6) is -0.344. The number of carbonyl (C=O) groups is 1. The SMILES string of the molecule is CCn1c(C)cc(C)c(C(=O)NCCOCc2ccccc2)c1=O. The first-order valence-corrected chi connectivity index (χ1v) is 8.15. The van der Waals surface area contributed by atoms with Crippen molar-refractivity contribution in [2.75, 3.05) is 13.2 Å². The summed E-state index contributed by atoms with van der Waals surface area (Å²) in [6, 6.07) is 11.7. The monoisotopic (exact) mass is 328 g/mol. The maximum atomic E-state index is 12.4. The summed E-state index contributed by atoms with van der Waals surface area (Å²) in [6.45, 7) is 7.36. The number of nitrogens with one attached hydrogen (secondary N) is 1. The van der Waals surface area contributed by atoms with Crippen LogP contribution in [0.15, 0.2) is 41.2 Å². The number of carbonyl (C=O) groups excluding carboxylic acids is 1. The molecular formula is C19H24N2O3. The Hall–Kier alpha value is -2.40. The van der Waals surface area contributed by atoms with Crippen LogP contribution in [0.4, 0.5) is 0 Å². The zero-order chi connectivity index (χ0) is 17.5. The van der Waals surface area contributed by atoms with E-state index < -0.39 is 0 Å². The molecule has 1 heterocycles. The second-order valence-corrected chi connectivity index (χ2v) is 5.69. The zero-order valence-electron chi connectivity index (χ0n) is 14.5. The molecule has 0 aliphatic heterocycles. The lowest BCUT2D eigenvalue weighted by Crippen LogP contribution is -2.36. The number of hydrogen-bond donors (Lipinski definition) is 1. The first kappa shape index (κ1) is 17.9. The van der Waals surface area contributed by atoms with E-state index in [2.05, 4.69) is 5.32 Å². The Morgan fingerprint density at radius 2 is 1.92 bits per heavy atom. The number of rotatable bonds is 7. The van der Waals surface area contributed by atoms with Crippen LogP contribution in [0.1, 0.15) is 34.1 Å². The number of benzene rings is 1.